The summed E-state index contributed by atoms with van der Waals surface area (Å²) < 4.78 is 0. The van der Waals surface area contributed by atoms with Gasteiger partial charge in [0.1, 0.15) is 0 Å². The van der Waals surface area contributed by atoms with Crippen LogP contribution in [-0.4, -0.2) is 345 Å². The smallest absolute Gasteiger partial charge is 0.549 e. The first-order valence-electron chi connectivity index (χ1n) is 40.5. The van der Waals surface area contributed by atoms with Crippen LogP contribution in [-0.2, 0) is 81.5 Å². The number of allylic oxidation sites excluding steroid dienone is 2. The third-order valence-corrected chi connectivity index (χ3v) is 17.2. The van der Waals surface area contributed by atoms with Crippen LogP contribution in [0.15, 0.2) is 24.3 Å². The van der Waals surface area contributed by atoms with Crippen LogP contribution >= 0.6 is 0 Å². The van der Waals surface area contributed by atoms with Crippen molar-refractivity contribution in [1.82, 2.24) is 44.1 Å². The minimum atomic E-state index is -1.54. The summed E-state index contributed by atoms with van der Waals surface area (Å²) in [6.45, 7) is -8.07. The van der Waals surface area contributed by atoms with Gasteiger partial charge in [-0.1, -0.05) is 128 Å². The Morgan fingerprint density at radius 3 is 0.539 bits per heavy atom. The number of aliphatic hydroxyl groups excluding tert-OH is 2. The summed E-state index contributed by atoms with van der Waals surface area (Å²) in [6.07, 6.45) is 36.1. The molecule has 50 heteroatoms. The molecule has 0 spiro atoms. The predicted octanol–water partition coefficient (Wildman–Crippen LogP) is -19.1. The number of carbonyl (C=O) groups excluding carboxylic acids is 17. The monoisotopic (exact) mass is 2550 g/mol. The van der Waals surface area contributed by atoms with E-state index >= 15 is 0 Å². The average Bonchev–Trinajstić information content (AvgIpc) is 0.927. The van der Waals surface area contributed by atoms with E-state index in [0.717, 1.165) is 106 Å². The fourth-order valence-electron chi connectivity index (χ4n) is 11.3. The van der Waals surface area contributed by atoms with Gasteiger partial charge >= 0.3 is 200 Å². The number of hydrogen-bond donors (Lipinski definition) is 4. The van der Waals surface area contributed by atoms with Gasteiger partial charge in [-0.05, 0) is 64.2 Å². The molecule has 0 aromatic rings. The van der Waals surface area contributed by atoms with Crippen molar-refractivity contribution in [2.45, 2.75) is 193 Å². The molecular formula is C78H124Gd5N11O34. The molecule has 0 fully saturated rings. The number of aliphatic hydroxyl groups is 2. The van der Waals surface area contributed by atoms with Gasteiger partial charge in [-0.2, -0.15) is 0 Å². The normalized spacial score (nSPS) is 11.2. The van der Waals surface area contributed by atoms with Crippen molar-refractivity contribution in [3.63, 3.8) is 0 Å². The Morgan fingerprint density at radius 2 is 0.375 bits per heavy atom. The Balaban J connectivity index is -0.000000169. The van der Waals surface area contributed by atoms with E-state index in [1.807, 2.05) is 0 Å². The Morgan fingerprint density at radius 1 is 0.227 bits per heavy atom. The predicted molar refractivity (Wildman–Crippen MR) is 403 cm³/mol. The second kappa shape index (κ2) is 98.2. The number of aliphatic carboxylic acids is 15. The molecule has 0 bridgehead atoms. The molecule has 45 nitrogen and oxygen atoms in total. The Labute approximate surface area is 907 Å². The molecule has 2 amide bonds. The zero-order chi connectivity index (χ0) is 94.5. The maximum atomic E-state index is 10.8. The molecule has 128 heavy (non-hydrogen) atoms. The summed E-state index contributed by atoms with van der Waals surface area (Å²) in [6, 6.07) is 0. The van der Waals surface area contributed by atoms with Gasteiger partial charge in [-0.15, -0.1) is 0 Å². The molecular weight excluding hydrogens is 2420 g/mol. The van der Waals surface area contributed by atoms with E-state index in [1.54, 1.807) is 0 Å². The zero-order valence-electron chi connectivity index (χ0n) is 72.3. The third kappa shape index (κ3) is 117. The van der Waals surface area contributed by atoms with E-state index in [1.165, 1.54) is 91.7 Å². The second-order valence-electron chi connectivity index (χ2n) is 28.6. The summed E-state index contributed by atoms with van der Waals surface area (Å²) in [5.41, 5.74) is 10.2. The molecule has 0 aromatic carbocycles. The van der Waals surface area contributed by atoms with Gasteiger partial charge < -0.3 is 170 Å². The summed E-state index contributed by atoms with van der Waals surface area (Å²) in [7, 11) is 0. The van der Waals surface area contributed by atoms with Crippen LogP contribution < -0.4 is 88.1 Å². The number of carboxylic acids is 15. The molecule has 0 saturated heterocycles. The molecule has 2 atom stereocenters. The van der Waals surface area contributed by atoms with E-state index < -0.39 is 188 Å². The number of rotatable bonds is 78. The Kier molecular flexibility index (Phi) is 111. The number of primary amides is 2. The maximum Gasteiger partial charge on any atom is 3.00 e. The molecule has 0 aliphatic heterocycles. The van der Waals surface area contributed by atoms with Gasteiger partial charge in [0.25, 0.3) is 0 Å². The van der Waals surface area contributed by atoms with Gasteiger partial charge in [-0.3, -0.25) is 53.7 Å². The number of carbonyl (C=O) groups is 17. The number of nitrogens with zero attached hydrogens (tertiary/aromatic N) is 9. The van der Waals surface area contributed by atoms with E-state index in [-0.39, 0.29) is 302 Å². The van der Waals surface area contributed by atoms with Crippen molar-refractivity contribution in [2.75, 3.05) is 177 Å². The number of hydrogen-bond acceptors (Lipinski definition) is 43. The summed E-state index contributed by atoms with van der Waals surface area (Å²) >= 11 is 0. The minimum Gasteiger partial charge on any atom is -0.549 e. The van der Waals surface area contributed by atoms with Crippen molar-refractivity contribution < 1.29 is 368 Å². The van der Waals surface area contributed by atoms with E-state index in [9.17, 15) is 168 Å². The average molecular weight is 2550 g/mol. The van der Waals surface area contributed by atoms with Crippen molar-refractivity contribution >= 4 is 101 Å². The van der Waals surface area contributed by atoms with Crippen LogP contribution in [0.25, 0.3) is 0 Å². The van der Waals surface area contributed by atoms with Crippen molar-refractivity contribution in [1.29, 1.82) is 0 Å². The van der Waals surface area contributed by atoms with Crippen LogP contribution in [0.4, 0.5) is 0 Å². The van der Waals surface area contributed by atoms with Crippen LogP contribution in [0, 0.1) is 200 Å². The van der Waals surface area contributed by atoms with Gasteiger partial charge in [0.15, 0.2) is 0 Å². The molecule has 0 heterocycles. The second-order valence-corrected chi connectivity index (χ2v) is 28.6. The van der Waals surface area contributed by atoms with Crippen LogP contribution in [0.5, 0.6) is 0 Å². The summed E-state index contributed by atoms with van der Waals surface area (Å²) in [5, 5.41) is 179. The van der Waals surface area contributed by atoms with Crippen molar-refractivity contribution in [3.05, 3.63) is 24.3 Å². The first-order valence-corrected chi connectivity index (χ1v) is 40.5. The zero-order valence-corrected chi connectivity index (χ0v) is 83.7. The maximum absolute atomic E-state index is 10.8. The Bertz CT molecular complexity index is 2630. The summed E-state index contributed by atoms with van der Waals surface area (Å²) in [5.74, 6) is -23.4. The molecule has 0 aliphatic carbocycles. The number of carboxylic acid groups (broad SMARTS) is 15. The van der Waals surface area contributed by atoms with Gasteiger partial charge in [0, 0.05) is 190 Å². The summed E-state index contributed by atoms with van der Waals surface area (Å²) in [4.78, 5) is 190. The van der Waals surface area contributed by atoms with E-state index in [0.29, 0.717) is 12.8 Å². The fraction of sp³-hybridized carbons (Fsp3) is 0.731. The van der Waals surface area contributed by atoms with Gasteiger partial charge in [-0.25, -0.2) is 0 Å². The molecule has 5 radical (unpaired) electrons. The molecule has 0 saturated carbocycles. The van der Waals surface area contributed by atoms with Gasteiger partial charge in [0.2, 0.25) is 11.8 Å². The minimum absolute atomic E-state index is 0. The third-order valence-electron chi connectivity index (χ3n) is 17.2. The SMILES string of the molecule is CCCCCC[C@@H](O)C/C=C\CCCCCCCC(N)=O.CCCCCC[C@@H](O)C/C=C\CCCCCCCC(N)=O.O=C([O-])CN(CCN(CC(=O)[O-])CC(=O)[O-])CCN(CC(=O)[O-])CC(=O)[O-].O=C([O-])CN(CCN(CC(=O)[O-])CC(=O)[O-])CCN(CC(=O)[O-])CC(=O)[O-].O=C([O-])CN(CCN(CC(=O)[O-])CC(=O)[O-])CCN(CC(=O)[O-])CC(=O)[O-].[Gd+3].[Gd+3].[Gd+3].[Gd+3].[Gd+3]. The first kappa shape index (κ1) is 145. The topological polar surface area (TPSA) is 758 Å². The quantitative estimate of drug-likeness (QED) is 0.0324. The largest absolute Gasteiger partial charge is 3.00 e. The van der Waals surface area contributed by atoms with Crippen molar-refractivity contribution in [2.24, 2.45) is 11.5 Å². The number of amides is 2. The molecule has 0 aromatic heterocycles. The van der Waals surface area contributed by atoms with Gasteiger partial charge in [0.05, 0.1) is 102 Å². The standard InChI is InChI=1S/2C18H35NO2.3C14H23N3O10.5Gd/c2*1-2-3-4-11-14-17(20)15-12-9-7-5-6-8-10-13-16-18(19)21;3*18-10(19)5-15(1-3-16(6-11(20)21)7-12(22)23)2-4-17(8-13(24)25)9-14(26)27;;;;;/h2*9,12,17,20H,2-8,10-11,13-16H2,1H3,(H2,19,21);3*1-9H2,(H,18,19)(H,20,21)(H,22,23)(H,24,25)(H,26,27);;;;;/q;;;;;5*+3/p-15/b2*12-9-;;;;;;;;/t2*17-;;;;;;;;/m11......../s1. The van der Waals surface area contributed by atoms with Crippen LogP contribution in [0.3, 0.4) is 0 Å². The number of nitrogens with two attached hydrogens (primary N) is 2. The molecule has 0 aliphatic rings. The fourth-order valence-corrected chi connectivity index (χ4v) is 11.3. The van der Waals surface area contributed by atoms with Crippen LogP contribution in [0.2, 0.25) is 0 Å². The van der Waals surface area contributed by atoms with E-state index in [4.69, 9.17) is 11.5 Å². The van der Waals surface area contributed by atoms with Crippen molar-refractivity contribution in [3.8, 4) is 0 Å². The molecule has 735 valence electrons. The number of unbranched alkanes of at least 4 members (excludes halogenated alkanes) is 16. The Hall–Kier alpha value is -3.35. The first-order chi connectivity index (χ1) is 57.8. The molecule has 0 unspecified atom stereocenters. The molecule has 0 rings (SSSR count). The van der Waals surface area contributed by atoms with Crippen LogP contribution in [0.1, 0.15) is 181 Å². The molecule has 6 N–H and O–H groups in total. The van der Waals surface area contributed by atoms with E-state index in [2.05, 4.69) is 38.2 Å².